The molecule has 9 heteroatoms. The van der Waals surface area contributed by atoms with Gasteiger partial charge in [0.25, 0.3) is 5.56 Å². The van der Waals surface area contributed by atoms with Gasteiger partial charge in [0.1, 0.15) is 5.75 Å². The summed E-state index contributed by atoms with van der Waals surface area (Å²) in [5.74, 6) is 0.381. The summed E-state index contributed by atoms with van der Waals surface area (Å²) < 4.78 is 15.6. The van der Waals surface area contributed by atoms with E-state index >= 15 is 0 Å². The summed E-state index contributed by atoms with van der Waals surface area (Å²) in [7, 11) is 0. The second-order valence-electron chi connectivity index (χ2n) is 9.35. The summed E-state index contributed by atoms with van der Waals surface area (Å²) >= 11 is 5.86. The maximum atomic E-state index is 14.0. The number of fused-ring (bicyclic) bond motifs is 2. The van der Waals surface area contributed by atoms with E-state index < -0.39 is 12.0 Å². The van der Waals surface area contributed by atoms with Crippen molar-refractivity contribution in [2.45, 2.75) is 39.8 Å². The Morgan fingerprint density at radius 2 is 1.82 bits per heavy atom. The van der Waals surface area contributed by atoms with Gasteiger partial charge in [0.05, 0.1) is 41.7 Å². The summed E-state index contributed by atoms with van der Waals surface area (Å²) in [6.07, 6.45) is 1.95. The molecule has 4 aromatic rings. The molecule has 0 amide bonds. The van der Waals surface area contributed by atoms with E-state index in [1.165, 1.54) is 11.3 Å². The van der Waals surface area contributed by atoms with Crippen LogP contribution in [0.5, 0.6) is 5.75 Å². The molecule has 0 N–H and O–H groups in total. The molecule has 39 heavy (non-hydrogen) atoms. The van der Waals surface area contributed by atoms with E-state index in [1.807, 2.05) is 74.5 Å². The summed E-state index contributed by atoms with van der Waals surface area (Å²) in [5, 5.41) is 2.00. The first-order valence-electron chi connectivity index (χ1n) is 12.5. The van der Waals surface area contributed by atoms with Gasteiger partial charge >= 0.3 is 5.97 Å². The van der Waals surface area contributed by atoms with Gasteiger partial charge in [-0.2, -0.15) is 0 Å². The Bertz CT molecular complexity index is 1790. The number of hydrogen-bond donors (Lipinski definition) is 0. The average Bonchev–Trinajstić information content (AvgIpc) is 3.19. The number of nitrogens with zero attached hydrogens (tertiary/aromatic N) is 2. The lowest BCUT2D eigenvalue weighted by Crippen LogP contribution is -2.40. The minimum Gasteiger partial charge on any atom is -0.489 e. The molecule has 1 atom stereocenters. The van der Waals surface area contributed by atoms with Crippen LogP contribution in [0.15, 0.2) is 75.7 Å². The predicted molar refractivity (Wildman–Crippen MR) is 172 cm³/mol. The lowest BCUT2D eigenvalue weighted by molar-refractivity contribution is -0.139. The molecule has 1 aromatic heterocycles. The SMILES string of the molecule is CCOC(=O)C1=C(C)N=c2s/c(=C/c3cc(I)c(OC(C)C)c(I)c3)c(=O)n2[C@H]1c1cccc2ccccc12. The minimum atomic E-state index is -0.657. The van der Waals surface area contributed by atoms with Gasteiger partial charge in [-0.05, 0) is 113 Å². The maximum Gasteiger partial charge on any atom is 0.338 e. The fraction of sp³-hybridized carbons (Fsp3) is 0.233. The molecule has 3 aromatic carbocycles. The summed E-state index contributed by atoms with van der Waals surface area (Å²) in [5.41, 5.74) is 2.49. The lowest BCUT2D eigenvalue weighted by Gasteiger charge is -2.25. The maximum absolute atomic E-state index is 14.0. The van der Waals surface area contributed by atoms with Gasteiger partial charge < -0.3 is 9.47 Å². The Labute approximate surface area is 257 Å². The normalized spacial score (nSPS) is 15.5. The molecule has 0 saturated carbocycles. The second-order valence-corrected chi connectivity index (χ2v) is 12.7. The molecule has 1 aliphatic heterocycles. The number of carbonyl (C=O) groups excluding carboxylic acids is 1. The Balaban J connectivity index is 1.73. The van der Waals surface area contributed by atoms with Crippen molar-refractivity contribution in [2.75, 3.05) is 6.61 Å². The molecule has 6 nitrogen and oxygen atoms in total. The van der Waals surface area contributed by atoms with Crippen LogP contribution in [0.4, 0.5) is 0 Å². The first-order chi connectivity index (χ1) is 18.7. The molecule has 0 aliphatic carbocycles. The van der Waals surface area contributed by atoms with Crippen LogP contribution in [-0.4, -0.2) is 23.2 Å². The zero-order valence-electron chi connectivity index (χ0n) is 21.8. The Kier molecular flexibility index (Phi) is 8.29. The van der Waals surface area contributed by atoms with Crippen molar-refractivity contribution in [3.63, 3.8) is 0 Å². The number of ether oxygens (including phenoxy) is 2. The first kappa shape index (κ1) is 28.0. The third kappa shape index (κ3) is 5.45. The zero-order valence-corrected chi connectivity index (χ0v) is 27.0. The van der Waals surface area contributed by atoms with Crippen molar-refractivity contribution in [1.82, 2.24) is 4.57 Å². The fourth-order valence-electron chi connectivity index (χ4n) is 4.74. The largest absolute Gasteiger partial charge is 0.489 e. The highest BCUT2D eigenvalue weighted by atomic mass is 127. The number of rotatable bonds is 6. The van der Waals surface area contributed by atoms with Gasteiger partial charge in [0, 0.05) is 0 Å². The molecule has 0 bridgehead atoms. The molecule has 2 heterocycles. The van der Waals surface area contributed by atoms with Crippen molar-refractivity contribution < 1.29 is 14.3 Å². The van der Waals surface area contributed by atoms with Gasteiger partial charge in [-0.1, -0.05) is 53.8 Å². The third-order valence-corrected chi connectivity index (χ3v) is 8.89. The predicted octanol–water partition coefficient (Wildman–Crippen LogP) is 5.95. The monoisotopic (exact) mass is 764 g/mol. The molecule has 0 fully saturated rings. The smallest absolute Gasteiger partial charge is 0.338 e. The zero-order chi connectivity index (χ0) is 27.8. The van der Waals surface area contributed by atoms with Gasteiger partial charge in [-0.25, -0.2) is 9.79 Å². The highest BCUT2D eigenvalue weighted by molar-refractivity contribution is 14.1. The Morgan fingerprint density at radius 1 is 1.13 bits per heavy atom. The van der Waals surface area contributed by atoms with Crippen LogP contribution in [0.25, 0.3) is 16.8 Å². The lowest BCUT2D eigenvalue weighted by atomic mass is 9.91. The quantitative estimate of drug-likeness (QED) is 0.180. The number of aromatic nitrogens is 1. The molecule has 1 aliphatic rings. The van der Waals surface area contributed by atoms with E-state index in [-0.39, 0.29) is 18.3 Å². The van der Waals surface area contributed by atoms with Crippen molar-refractivity contribution in [1.29, 1.82) is 0 Å². The average molecular weight is 764 g/mol. The van der Waals surface area contributed by atoms with E-state index in [4.69, 9.17) is 14.5 Å². The van der Waals surface area contributed by atoms with Crippen molar-refractivity contribution in [3.8, 4) is 5.75 Å². The van der Waals surface area contributed by atoms with E-state index in [2.05, 4.69) is 45.2 Å². The molecular weight excluding hydrogens is 738 g/mol. The van der Waals surface area contributed by atoms with E-state index in [0.717, 1.165) is 34.8 Å². The standard InChI is InChI=1S/C30H26I2N2O4S/c1-5-37-29(36)25-17(4)33-30-34(26(25)21-12-8-10-19-9-6-7-11-20(19)21)28(35)24(39-30)15-18-13-22(31)27(23(32)14-18)38-16(2)3/h6-16,26H,5H2,1-4H3/b24-15+/t26-/m0/s1. The van der Waals surface area contributed by atoms with Crippen molar-refractivity contribution >= 4 is 79.3 Å². The highest BCUT2D eigenvalue weighted by Gasteiger charge is 2.34. The Morgan fingerprint density at radius 3 is 2.51 bits per heavy atom. The van der Waals surface area contributed by atoms with Crippen LogP contribution in [0.3, 0.4) is 0 Å². The number of carbonyl (C=O) groups is 1. The van der Waals surface area contributed by atoms with Gasteiger partial charge in [0.2, 0.25) is 0 Å². The second kappa shape index (κ2) is 11.5. The Hall–Kier alpha value is -2.51. The summed E-state index contributed by atoms with van der Waals surface area (Å²) in [4.78, 5) is 32.6. The molecule has 200 valence electrons. The number of hydrogen-bond acceptors (Lipinski definition) is 6. The van der Waals surface area contributed by atoms with E-state index in [1.54, 1.807) is 18.4 Å². The minimum absolute atomic E-state index is 0.0625. The number of allylic oxidation sites excluding steroid dienone is 1. The molecule has 5 rings (SSSR count). The molecule has 0 radical (unpaired) electrons. The van der Waals surface area contributed by atoms with Gasteiger partial charge in [0.15, 0.2) is 4.80 Å². The number of esters is 1. The number of thiazole rings is 1. The highest BCUT2D eigenvalue weighted by Crippen LogP contribution is 2.35. The number of benzene rings is 3. The number of halogens is 2. The van der Waals surface area contributed by atoms with Crippen molar-refractivity contribution in [2.24, 2.45) is 4.99 Å². The third-order valence-electron chi connectivity index (χ3n) is 6.31. The van der Waals surface area contributed by atoms with Crippen LogP contribution in [0.2, 0.25) is 0 Å². The van der Waals surface area contributed by atoms with Gasteiger partial charge in [-0.15, -0.1) is 0 Å². The van der Waals surface area contributed by atoms with E-state index in [9.17, 15) is 9.59 Å². The van der Waals surface area contributed by atoms with Crippen LogP contribution in [0, 0.1) is 7.14 Å². The molecule has 0 saturated heterocycles. The van der Waals surface area contributed by atoms with Crippen LogP contribution < -0.4 is 19.6 Å². The fourth-order valence-corrected chi connectivity index (χ4v) is 7.85. The molecule has 0 spiro atoms. The van der Waals surface area contributed by atoms with Crippen LogP contribution in [0.1, 0.15) is 44.9 Å². The van der Waals surface area contributed by atoms with E-state index in [0.29, 0.717) is 20.6 Å². The van der Waals surface area contributed by atoms with Crippen LogP contribution in [-0.2, 0) is 9.53 Å². The summed E-state index contributed by atoms with van der Waals surface area (Å²) in [6.45, 7) is 7.81. The van der Waals surface area contributed by atoms with Crippen molar-refractivity contribution in [3.05, 3.63) is 104 Å². The summed E-state index contributed by atoms with van der Waals surface area (Å²) in [6, 6.07) is 17.3. The van der Waals surface area contributed by atoms with Crippen LogP contribution >= 0.6 is 56.5 Å². The molecule has 0 unspecified atom stereocenters. The first-order valence-corrected chi connectivity index (χ1v) is 15.5. The molecular formula is C30H26I2N2O4S. The van der Waals surface area contributed by atoms with Gasteiger partial charge in [-0.3, -0.25) is 9.36 Å². The topological polar surface area (TPSA) is 69.9 Å².